The third-order valence-electron chi connectivity index (χ3n) is 5.43. The standard InChI is InChI=1S/C25H24F3N3O3.H2/c26-25(27,28)34-22-10-8-21(9-11-22)33-23-7-1-4-18(15-23)14-19-5-3-13-31(17-19)24(32)30-20-6-2-12-29-16-20;/h1-2,4,6-12,15-16,19H,3,5,13-14,17H2,(H,30,32);1H. The van der Waals surface area contributed by atoms with Crippen LogP contribution in [0.4, 0.5) is 23.7 Å². The number of halogens is 3. The predicted molar refractivity (Wildman–Crippen MR) is 123 cm³/mol. The lowest BCUT2D eigenvalue weighted by atomic mass is 9.91. The van der Waals surface area contributed by atoms with E-state index in [1.807, 2.05) is 23.1 Å². The lowest BCUT2D eigenvalue weighted by molar-refractivity contribution is -0.274. The maximum atomic E-state index is 12.6. The van der Waals surface area contributed by atoms with Gasteiger partial charge in [-0.05, 0) is 79.3 Å². The van der Waals surface area contributed by atoms with E-state index < -0.39 is 6.36 Å². The Balaban J connectivity index is 0.00000342. The van der Waals surface area contributed by atoms with Gasteiger partial charge in [0.25, 0.3) is 0 Å². The zero-order valence-electron chi connectivity index (χ0n) is 18.3. The van der Waals surface area contributed by atoms with Gasteiger partial charge < -0.3 is 19.7 Å². The molecule has 1 aliphatic rings. The van der Waals surface area contributed by atoms with Crippen molar-refractivity contribution >= 4 is 11.7 Å². The molecule has 4 rings (SSSR count). The average molecular weight is 473 g/mol. The fourth-order valence-corrected chi connectivity index (χ4v) is 3.97. The van der Waals surface area contributed by atoms with Gasteiger partial charge in [-0.25, -0.2) is 4.79 Å². The number of hydrogen-bond donors (Lipinski definition) is 1. The molecule has 0 saturated carbocycles. The van der Waals surface area contributed by atoms with Crippen LogP contribution < -0.4 is 14.8 Å². The first-order valence-electron chi connectivity index (χ1n) is 10.9. The summed E-state index contributed by atoms with van der Waals surface area (Å²) in [6, 6.07) is 16.3. The lowest BCUT2D eigenvalue weighted by Crippen LogP contribution is -2.42. The number of pyridine rings is 1. The van der Waals surface area contributed by atoms with Gasteiger partial charge in [-0.15, -0.1) is 13.2 Å². The highest BCUT2D eigenvalue weighted by atomic mass is 19.4. The number of carbonyl (C=O) groups excluding carboxylic acids is 1. The second-order valence-electron chi connectivity index (χ2n) is 8.10. The lowest BCUT2D eigenvalue weighted by Gasteiger charge is -2.33. The van der Waals surface area contributed by atoms with Crippen molar-refractivity contribution in [2.75, 3.05) is 18.4 Å². The summed E-state index contributed by atoms with van der Waals surface area (Å²) < 4.78 is 46.6. The minimum absolute atomic E-state index is 0. The number of anilines is 1. The molecule has 1 atom stereocenters. The van der Waals surface area contributed by atoms with Gasteiger partial charge in [-0.1, -0.05) is 12.1 Å². The van der Waals surface area contributed by atoms with E-state index in [1.54, 1.807) is 30.6 Å². The number of benzene rings is 2. The monoisotopic (exact) mass is 473 g/mol. The predicted octanol–water partition coefficient (Wildman–Crippen LogP) is 6.51. The molecule has 3 aromatic rings. The Morgan fingerprint density at radius 2 is 1.88 bits per heavy atom. The van der Waals surface area contributed by atoms with Crippen LogP contribution in [0, 0.1) is 5.92 Å². The maximum absolute atomic E-state index is 12.6. The van der Waals surface area contributed by atoms with Crippen molar-refractivity contribution < 1.29 is 28.9 Å². The van der Waals surface area contributed by atoms with Gasteiger partial charge in [0, 0.05) is 20.7 Å². The van der Waals surface area contributed by atoms with Gasteiger partial charge in [-0.2, -0.15) is 0 Å². The number of nitrogens with zero attached hydrogens (tertiary/aromatic N) is 2. The first-order chi connectivity index (χ1) is 16.3. The van der Waals surface area contributed by atoms with Crippen LogP contribution in [-0.4, -0.2) is 35.4 Å². The van der Waals surface area contributed by atoms with E-state index in [0.29, 0.717) is 36.2 Å². The van der Waals surface area contributed by atoms with E-state index in [9.17, 15) is 18.0 Å². The number of hydrogen-bond acceptors (Lipinski definition) is 4. The number of rotatable bonds is 6. The van der Waals surface area contributed by atoms with E-state index in [4.69, 9.17) is 4.74 Å². The molecule has 9 heteroatoms. The highest BCUT2D eigenvalue weighted by molar-refractivity contribution is 5.89. The van der Waals surface area contributed by atoms with Gasteiger partial charge in [-0.3, -0.25) is 4.98 Å². The third kappa shape index (κ3) is 6.87. The zero-order chi connectivity index (χ0) is 24.0. The first-order valence-corrected chi connectivity index (χ1v) is 10.9. The minimum Gasteiger partial charge on any atom is -0.457 e. The van der Waals surface area contributed by atoms with Crippen molar-refractivity contribution in [1.29, 1.82) is 0 Å². The molecule has 6 nitrogen and oxygen atoms in total. The van der Waals surface area contributed by atoms with Gasteiger partial charge in [0.1, 0.15) is 17.2 Å². The van der Waals surface area contributed by atoms with Crippen molar-refractivity contribution in [3.05, 3.63) is 78.6 Å². The van der Waals surface area contributed by atoms with Gasteiger partial charge in [0.15, 0.2) is 0 Å². The third-order valence-corrected chi connectivity index (χ3v) is 5.43. The van der Waals surface area contributed by atoms with Crippen LogP contribution in [0.3, 0.4) is 0 Å². The molecule has 1 N–H and O–H groups in total. The second-order valence-corrected chi connectivity index (χ2v) is 8.10. The van der Waals surface area contributed by atoms with E-state index in [0.717, 1.165) is 24.8 Å². The molecular weight excluding hydrogens is 447 g/mol. The van der Waals surface area contributed by atoms with Gasteiger partial charge in [0.05, 0.1) is 11.9 Å². The molecule has 2 heterocycles. The fourth-order valence-electron chi connectivity index (χ4n) is 3.97. The SMILES string of the molecule is O=C(Nc1cccnc1)N1CCCC(Cc2cccc(Oc3ccc(OC(F)(F)F)cc3)c2)C1.[HH]. The molecule has 0 radical (unpaired) electrons. The van der Waals surface area contributed by atoms with E-state index in [2.05, 4.69) is 15.0 Å². The molecule has 1 fully saturated rings. The number of likely N-dealkylation sites (tertiary alicyclic amines) is 1. The van der Waals surface area contributed by atoms with E-state index in [-0.39, 0.29) is 13.2 Å². The summed E-state index contributed by atoms with van der Waals surface area (Å²) in [5.41, 5.74) is 1.73. The molecule has 0 bridgehead atoms. The average Bonchev–Trinajstić information content (AvgIpc) is 2.80. The van der Waals surface area contributed by atoms with Crippen molar-refractivity contribution in [2.24, 2.45) is 5.92 Å². The summed E-state index contributed by atoms with van der Waals surface area (Å²) in [5, 5.41) is 2.88. The molecule has 1 saturated heterocycles. The molecule has 34 heavy (non-hydrogen) atoms. The Morgan fingerprint density at radius 3 is 2.62 bits per heavy atom. The minimum atomic E-state index is -4.73. The molecule has 2 amide bonds. The summed E-state index contributed by atoms with van der Waals surface area (Å²) in [6.07, 6.45) is 1.26. The second kappa shape index (κ2) is 10.5. The van der Waals surface area contributed by atoms with Crippen LogP contribution in [0.25, 0.3) is 0 Å². The molecule has 1 aliphatic heterocycles. The summed E-state index contributed by atoms with van der Waals surface area (Å²) in [7, 11) is 0. The largest absolute Gasteiger partial charge is 0.573 e. The number of amides is 2. The van der Waals surface area contributed by atoms with Crippen LogP contribution in [0.1, 0.15) is 19.8 Å². The molecule has 180 valence electrons. The van der Waals surface area contributed by atoms with E-state index in [1.165, 1.54) is 24.3 Å². The van der Waals surface area contributed by atoms with Crippen molar-refractivity contribution in [2.45, 2.75) is 25.6 Å². The molecule has 2 aromatic carbocycles. The molecular formula is C25H26F3N3O3. The maximum Gasteiger partial charge on any atom is 0.573 e. The summed E-state index contributed by atoms with van der Waals surface area (Å²) in [4.78, 5) is 18.5. The van der Waals surface area contributed by atoms with Gasteiger partial charge >= 0.3 is 12.4 Å². The number of ether oxygens (including phenoxy) is 2. The number of urea groups is 1. The number of carbonyl (C=O) groups is 1. The fraction of sp³-hybridized carbons (Fsp3) is 0.280. The zero-order valence-corrected chi connectivity index (χ0v) is 18.3. The van der Waals surface area contributed by atoms with Crippen molar-refractivity contribution in [3.8, 4) is 17.2 Å². The first kappa shape index (κ1) is 23.4. The highest BCUT2D eigenvalue weighted by Gasteiger charge is 2.31. The van der Waals surface area contributed by atoms with Crippen molar-refractivity contribution in [3.63, 3.8) is 0 Å². The summed E-state index contributed by atoms with van der Waals surface area (Å²) >= 11 is 0. The van der Waals surface area contributed by atoms with Gasteiger partial charge in [0.2, 0.25) is 0 Å². The normalized spacial score (nSPS) is 16.1. The Kier molecular flexibility index (Phi) is 7.20. The Hall–Kier alpha value is -3.75. The van der Waals surface area contributed by atoms with Crippen LogP contribution >= 0.6 is 0 Å². The van der Waals surface area contributed by atoms with Crippen LogP contribution in [-0.2, 0) is 6.42 Å². The molecule has 1 aromatic heterocycles. The Morgan fingerprint density at radius 1 is 1.09 bits per heavy atom. The molecule has 1 unspecified atom stereocenters. The number of aromatic nitrogens is 1. The summed E-state index contributed by atoms with van der Waals surface area (Å²) in [6.45, 7) is 1.36. The van der Waals surface area contributed by atoms with Crippen LogP contribution in [0.15, 0.2) is 73.1 Å². The Bertz CT molecular complexity index is 1100. The molecule has 0 spiro atoms. The number of alkyl halides is 3. The topological polar surface area (TPSA) is 63.7 Å². The Labute approximate surface area is 196 Å². The number of nitrogens with one attached hydrogen (secondary N) is 1. The van der Waals surface area contributed by atoms with E-state index >= 15 is 0 Å². The summed E-state index contributed by atoms with van der Waals surface area (Å²) in [5.74, 6) is 0.997. The van der Waals surface area contributed by atoms with Crippen LogP contribution in [0.2, 0.25) is 0 Å². The number of piperidine rings is 1. The molecule has 0 aliphatic carbocycles. The smallest absolute Gasteiger partial charge is 0.457 e. The highest BCUT2D eigenvalue weighted by Crippen LogP contribution is 2.29. The van der Waals surface area contributed by atoms with Crippen LogP contribution in [0.5, 0.6) is 17.2 Å². The quantitative estimate of drug-likeness (QED) is 0.444. The van der Waals surface area contributed by atoms with Crippen molar-refractivity contribution in [1.82, 2.24) is 9.88 Å².